The van der Waals surface area contributed by atoms with Crippen molar-refractivity contribution in [1.82, 2.24) is 9.97 Å². The Labute approximate surface area is 114 Å². The molecule has 1 aromatic heterocycles. The second-order valence-electron chi connectivity index (χ2n) is 7.31. The lowest BCUT2D eigenvalue weighted by Crippen LogP contribution is -2.26. The van der Waals surface area contributed by atoms with Crippen molar-refractivity contribution in [3.63, 3.8) is 0 Å². The molecule has 0 saturated carbocycles. The van der Waals surface area contributed by atoms with E-state index in [1.807, 2.05) is 0 Å². The third-order valence-electron chi connectivity index (χ3n) is 3.96. The predicted octanol–water partition coefficient (Wildman–Crippen LogP) is 4.79. The molecule has 0 aliphatic heterocycles. The molecule has 0 unspecified atom stereocenters. The fourth-order valence-corrected chi connectivity index (χ4v) is 3.71. The molecule has 1 aliphatic rings. The number of aromatic nitrogens is 2. The van der Waals surface area contributed by atoms with Crippen molar-refractivity contribution >= 4 is 16.6 Å². The van der Waals surface area contributed by atoms with Gasteiger partial charge in [-0.15, -0.1) is 0 Å². The molecule has 3 rings (SSSR count). The molecule has 1 heterocycles. The van der Waals surface area contributed by atoms with Gasteiger partial charge in [0.15, 0.2) is 0 Å². The second-order valence-corrected chi connectivity index (χ2v) is 7.31. The Hall–Kier alpha value is -1.57. The molecule has 2 heteroatoms. The monoisotopic (exact) mass is 254 g/mol. The van der Waals surface area contributed by atoms with Crippen LogP contribution in [0.2, 0.25) is 0 Å². The summed E-state index contributed by atoms with van der Waals surface area (Å²) in [5.41, 5.74) is 5.62. The van der Waals surface area contributed by atoms with Crippen LogP contribution in [-0.2, 0) is 0 Å². The fraction of sp³-hybridized carbons (Fsp3) is 0.471. The fourth-order valence-electron chi connectivity index (χ4n) is 3.71. The van der Waals surface area contributed by atoms with Gasteiger partial charge in [-0.3, -0.25) is 0 Å². The van der Waals surface area contributed by atoms with Gasteiger partial charge in [-0.1, -0.05) is 39.8 Å². The van der Waals surface area contributed by atoms with E-state index in [0.717, 1.165) is 17.5 Å². The van der Waals surface area contributed by atoms with Crippen LogP contribution in [-0.4, -0.2) is 9.97 Å². The average molecular weight is 254 g/mol. The number of fused-ring (bicyclic) bond motifs is 1. The summed E-state index contributed by atoms with van der Waals surface area (Å²) in [7, 11) is 0. The number of allylic oxidation sites excluding steroid dienone is 2. The van der Waals surface area contributed by atoms with Gasteiger partial charge in [0.25, 0.3) is 0 Å². The Morgan fingerprint density at radius 1 is 1.16 bits per heavy atom. The molecule has 1 aliphatic carbocycles. The van der Waals surface area contributed by atoms with Crippen LogP contribution in [0.3, 0.4) is 0 Å². The van der Waals surface area contributed by atoms with Gasteiger partial charge in [-0.2, -0.15) is 0 Å². The van der Waals surface area contributed by atoms with Gasteiger partial charge in [0.2, 0.25) is 0 Å². The Kier molecular flexibility index (Phi) is 2.60. The van der Waals surface area contributed by atoms with E-state index < -0.39 is 0 Å². The number of imidazole rings is 1. The molecule has 2 nitrogen and oxygen atoms in total. The van der Waals surface area contributed by atoms with Gasteiger partial charge in [0.1, 0.15) is 0 Å². The van der Waals surface area contributed by atoms with Gasteiger partial charge >= 0.3 is 0 Å². The van der Waals surface area contributed by atoms with E-state index in [-0.39, 0.29) is 5.41 Å². The van der Waals surface area contributed by atoms with Gasteiger partial charge in [0, 0.05) is 0 Å². The lowest BCUT2D eigenvalue weighted by Gasteiger charge is -2.39. The molecule has 0 saturated heterocycles. The number of hydrogen-bond donors (Lipinski definition) is 1. The minimum Gasteiger partial charge on any atom is -0.345 e. The molecular weight excluding hydrogens is 232 g/mol. The number of nitrogens with one attached hydrogen (secondary N) is 1. The van der Waals surface area contributed by atoms with Gasteiger partial charge in [0.05, 0.1) is 17.4 Å². The highest BCUT2D eigenvalue weighted by molar-refractivity contribution is 5.81. The zero-order valence-electron chi connectivity index (χ0n) is 12.2. The molecule has 0 spiro atoms. The summed E-state index contributed by atoms with van der Waals surface area (Å²) in [6.07, 6.45) is 6.61. The van der Waals surface area contributed by atoms with E-state index in [9.17, 15) is 0 Å². The van der Waals surface area contributed by atoms with E-state index in [0.29, 0.717) is 5.41 Å². The molecule has 0 bridgehead atoms. The molecule has 0 atom stereocenters. The molecule has 100 valence electrons. The summed E-state index contributed by atoms with van der Waals surface area (Å²) in [5.74, 6) is 0. The average Bonchev–Trinajstić information content (AvgIpc) is 2.71. The SMILES string of the molecule is CC1(C)C=C(c2ccc3nc[nH]c3c2)CC(C)(C)C1. The number of nitrogens with zero attached hydrogens (tertiary/aromatic N) is 1. The molecular formula is C17H22N2. The molecule has 1 N–H and O–H groups in total. The molecule has 0 amide bonds. The van der Waals surface area contributed by atoms with Crippen LogP contribution in [0.25, 0.3) is 16.6 Å². The highest BCUT2D eigenvalue weighted by Crippen LogP contribution is 2.47. The standard InChI is InChI=1S/C17H22N2/c1-16(2)8-13(9-17(3,4)10-16)12-5-6-14-15(7-12)19-11-18-14/h5-8,11H,9-10H2,1-4H3,(H,18,19). The molecule has 2 aromatic rings. The lowest BCUT2D eigenvalue weighted by molar-refractivity contribution is 0.229. The van der Waals surface area contributed by atoms with Crippen LogP contribution in [0.4, 0.5) is 0 Å². The lowest BCUT2D eigenvalue weighted by atomic mass is 9.66. The van der Waals surface area contributed by atoms with Gasteiger partial charge in [-0.05, 0) is 46.9 Å². The first-order valence-corrected chi connectivity index (χ1v) is 7.00. The largest absolute Gasteiger partial charge is 0.345 e. The van der Waals surface area contributed by atoms with Crippen molar-refractivity contribution in [2.24, 2.45) is 10.8 Å². The zero-order chi connectivity index (χ0) is 13.7. The molecule has 0 radical (unpaired) electrons. The number of aromatic amines is 1. The van der Waals surface area contributed by atoms with Crippen molar-refractivity contribution in [3.8, 4) is 0 Å². The van der Waals surface area contributed by atoms with Crippen LogP contribution < -0.4 is 0 Å². The van der Waals surface area contributed by atoms with E-state index >= 15 is 0 Å². The summed E-state index contributed by atoms with van der Waals surface area (Å²) in [6, 6.07) is 6.54. The maximum atomic E-state index is 4.29. The van der Waals surface area contributed by atoms with E-state index in [1.165, 1.54) is 17.6 Å². The first-order valence-electron chi connectivity index (χ1n) is 7.00. The van der Waals surface area contributed by atoms with Crippen molar-refractivity contribution in [3.05, 3.63) is 36.2 Å². The van der Waals surface area contributed by atoms with E-state index in [4.69, 9.17) is 0 Å². The number of rotatable bonds is 1. The van der Waals surface area contributed by atoms with Gasteiger partial charge in [-0.25, -0.2) is 4.98 Å². The second kappa shape index (κ2) is 3.96. The third kappa shape index (κ3) is 2.44. The minimum atomic E-state index is 0.278. The number of benzene rings is 1. The Morgan fingerprint density at radius 3 is 2.68 bits per heavy atom. The molecule has 19 heavy (non-hydrogen) atoms. The highest BCUT2D eigenvalue weighted by atomic mass is 14.9. The first-order chi connectivity index (χ1) is 8.85. The quantitative estimate of drug-likeness (QED) is 0.778. The summed E-state index contributed by atoms with van der Waals surface area (Å²) < 4.78 is 0. The smallest absolute Gasteiger partial charge is 0.0931 e. The van der Waals surface area contributed by atoms with Crippen molar-refractivity contribution in [1.29, 1.82) is 0 Å². The number of hydrogen-bond acceptors (Lipinski definition) is 1. The summed E-state index contributed by atoms with van der Waals surface area (Å²) >= 11 is 0. The normalized spacial score (nSPS) is 21.4. The molecule has 1 aromatic carbocycles. The van der Waals surface area contributed by atoms with E-state index in [2.05, 4.69) is 61.9 Å². The Bertz CT molecular complexity index is 644. The van der Waals surface area contributed by atoms with Crippen LogP contribution >= 0.6 is 0 Å². The highest BCUT2D eigenvalue weighted by Gasteiger charge is 2.33. The van der Waals surface area contributed by atoms with Crippen LogP contribution in [0.15, 0.2) is 30.6 Å². The van der Waals surface area contributed by atoms with Crippen LogP contribution in [0, 0.1) is 10.8 Å². The summed E-state index contributed by atoms with van der Waals surface area (Å²) in [4.78, 5) is 7.49. The van der Waals surface area contributed by atoms with E-state index in [1.54, 1.807) is 6.33 Å². The Balaban J connectivity index is 2.07. The Morgan fingerprint density at radius 2 is 1.95 bits per heavy atom. The van der Waals surface area contributed by atoms with Gasteiger partial charge < -0.3 is 4.98 Å². The predicted molar refractivity (Wildman–Crippen MR) is 80.9 cm³/mol. The van der Waals surface area contributed by atoms with Crippen LogP contribution in [0.1, 0.15) is 46.1 Å². The molecule has 0 fully saturated rings. The first kappa shape index (κ1) is 12.5. The number of H-pyrrole nitrogens is 1. The summed E-state index contributed by atoms with van der Waals surface area (Å²) in [6.45, 7) is 9.41. The maximum Gasteiger partial charge on any atom is 0.0931 e. The minimum absolute atomic E-state index is 0.278. The topological polar surface area (TPSA) is 28.7 Å². The summed E-state index contributed by atoms with van der Waals surface area (Å²) in [5, 5.41) is 0. The maximum absolute atomic E-state index is 4.29. The zero-order valence-corrected chi connectivity index (χ0v) is 12.2. The van der Waals surface area contributed by atoms with Crippen molar-refractivity contribution in [2.45, 2.75) is 40.5 Å². The van der Waals surface area contributed by atoms with Crippen molar-refractivity contribution < 1.29 is 0 Å². The van der Waals surface area contributed by atoms with Crippen molar-refractivity contribution in [2.75, 3.05) is 0 Å². The third-order valence-corrected chi connectivity index (χ3v) is 3.96. The van der Waals surface area contributed by atoms with Crippen LogP contribution in [0.5, 0.6) is 0 Å².